The highest BCUT2D eigenvalue weighted by molar-refractivity contribution is 6.00. The molecule has 1 amide bonds. The van der Waals surface area contributed by atoms with Crippen LogP contribution >= 0.6 is 0 Å². The number of hydrogen-bond acceptors (Lipinski definition) is 4. The van der Waals surface area contributed by atoms with Crippen molar-refractivity contribution in [1.29, 1.82) is 0 Å². The van der Waals surface area contributed by atoms with E-state index in [0.717, 1.165) is 44.7 Å². The standard InChI is InChI=1S/C22H25N3O3/c26-22(25-10-8-18(9-11-25)17-4-2-1-3-5-17)20-16-19(23-27)6-7-21(20)24-12-14-28-15-13-24/h1-7,16,18H,8-15H2/p+1. The van der Waals surface area contributed by atoms with E-state index in [1.807, 2.05) is 22.2 Å². The maximum Gasteiger partial charge on any atom is 0.256 e. The van der Waals surface area contributed by atoms with Gasteiger partial charge in [-0.15, -0.1) is 0 Å². The van der Waals surface area contributed by atoms with E-state index in [-0.39, 0.29) is 5.91 Å². The summed E-state index contributed by atoms with van der Waals surface area (Å²) in [5.74, 6) is 0.503. The van der Waals surface area contributed by atoms with Crippen molar-refractivity contribution < 1.29 is 14.7 Å². The van der Waals surface area contributed by atoms with E-state index >= 15 is 0 Å². The SMILES string of the molecule is O=[NH+]c1ccc(N2CCOCC2)c(C(=O)N2CCC(c3ccccc3)CC2)c1. The first-order valence-corrected chi connectivity index (χ1v) is 9.95. The number of morpholine rings is 1. The Labute approximate surface area is 165 Å². The van der Waals surface area contributed by atoms with Gasteiger partial charge in [0.15, 0.2) is 0 Å². The Kier molecular flexibility index (Phi) is 5.67. The van der Waals surface area contributed by atoms with Gasteiger partial charge in [0.25, 0.3) is 11.6 Å². The van der Waals surface area contributed by atoms with Gasteiger partial charge in [0.05, 0.1) is 24.5 Å². The smallest absolute Gasteiger partial charge is 0.256 e. The molecule has 0 radical (unpaired) electrons. The van der Waals surface area contributed by atoms with Crippen LogP contribution < -0.4 is 10.1 Å². The molecular weight excluding hydrogens is 354 g/mol. The Morgan fingerprint density at radius 2 is 1.68 bits per heavy atom. The van der Waals surface area contributed by atoms with Gasteiger partial charge in [0.2, 0.25) is 0 Å². The predicted octanol–water partition coefficient (Wildman–Crippen LogP) is 2.02. The molecule has 0 bridgehead atoms. The van der Waals surface area contributed by atoms with Crippen LogP contribution in [0.5, 0.6) is 0 Å². The molecule has 0 saturated carbocycles. The molecule has 2 aromatic rings. The minimum Gasteiger partial charge on any atom is -0.378 e. The number of nitrogens with zero attached hydrogens (tertiary/aromatic N) is 2. The molecule has 1 N–H and O–H groups in total. The lowest BCUT2D eigenvalue weighted by Crippen LogP contribution is -2.55. The number of ether oxygens (including phenoxy) is 1. The van der Waals surface area contributed by atoms with Crippen LogP contribution in [-0.4, -0.2) is 50.2 Å². The quantitative estimate of drug-likeness (QED) is 0.882. The first-order chi connectivity index (χ1) is 13.8. The van der Waals surface area contributed by atoms with Gasteiger partial charge in [-0.3, -0.25) is 4.79 Å². The summed E-state index contributed by atoms with van der Waals surface area (Å²) in [7, 11) is 0. The summed E-state index contributed by atoms with van der Waals surface area (Å²) in [6.07, 6.45) is 1.92. The molecule has 0 atom stereocenters. The van der Waals surface area contributed by atoms with E-state index in [1.165, 1.54) is 5.56 Å². The number of amides is 1. The Morgan fingerprint density at radius 3 is 2.36 bits per heavy atom. The van der Waals surface area contributed by atoms with Crippen LogP contribution in [0.3, 0.4) is 0 Å². The average molecular weight is 380 g/mol. The van der Waals surface area contributed by atoms with Crippen molar-refractivity contribution in [3.8, 4) is 0 Å². The van der Waals surface area contributed by atoms with Gasteiger partial charge in [-0.25, -0.2) is 0 Å². The fourth-order valence-corrected chi connectivity index (χ4v) is 4.16. The van der Waals surface area contributed by atoms with Crippen LogP contribution in [0, 0.1) is 4.91 Å². The number of rotatable bonds is 4. The molecule has 2 aliphatic heterocycles. The number of benzene rings is 2. The van der Waals surface area contributed by atoms with E-state index < -0.39 is 0 Å². The molecule has 6 heteroatoms. The number of nitrogens with one attached hydrogen (secondary N) is 1. The van der Waals surface area contributed by atoms with Gasteiger partial charge < -0.3 is 14.5 Å². The van der Waals surface area contributed by atoms with E-state index in [2.05, 4.69) is 29.2 Å². The van der Waals surface area contributed by atoms with E-state index in [1.54, 1.807) is 12.1 Å². The van der Waals surface area contributed by atoms with E-state index in [0.29, 0.717) is 30.4 Å². The molecule has 2 aliphatic rings. The van der Waals surface area contributed by atoms with Crippen molar-refractivity contribution in [3.05, 3.63) is 64.6 Å². The second-order valence-electron chi connectivity index (χ2n) is 7.41. The Hall–Kier alpha value is -2.73. The van der Waals surface area contributed by atoms with Crippen molar-refractivity contribution in [3.63, 3.8) is 0 Å². The molecule has 4 rings (SSSR count). The van der Waals surface area contributed by atoms with Crippen LogP contribution in [0.15, 0.2) is 48.5 Å². The van der Waals surface area contributed by atoms with Crippen molar-refractivity contribution in [2.24, 2.45) is 0 Å². The molecule has 28 heavy (non-hydrogen) atoms. The lowest BCUT2D eigenvalue weighted by Gasteiger charge is -2.34. The second-order valence-corrected chi connectivity index (χ2v) is 7.41. The molecule has 0 spiro atoms. The van der Waals surface area contributed by atoms with Crippen LogP contribution in [0.1, 0.15) is 34.7 Å². The summed E-state index contributed by atoms with van der Waals surface area (Å²) in [5, 5.41) is 1.92. The minimum absolute atomic E-state index is 0.00473. The molecule has 0 unspecified atom stereocenters. The normalized spacial score (nSPS) is 18.1. The summed E-state index contributed by atoms with van der Waals surface area (Å²) >= 11 is 0. The number of nitroso groups, excluding NO2 is 1. The molecule has 6 nitrogen and oxygen atoms in total. The number of hydrogen-bond donors (Lipinski definition) is 1. The highest BCUT2D eigenvalue weighted by Gasteiger charge is 2.28. The number of piperidine rings is 1. The molecule has 2 heterocycles. The van der Waals surface area contributed by atoms with Crippen LogP contribution in [0.2, 0.25) is 0 Å². The number of anilines is 1. The highest BCUT2D eigenvalue weighted by atomic mass is 16.5. The van der Waals surface area contributed by atoms with Crippen molar-refractivity contribution in [2.75, 3.05) is 44.3 Å². The molecule has 0 aliphatic carbocycles. The monoisotopic (exact) mass is 380 g/mol. The maximum atomic E-state index is 13.3. The zero-order chi connectivity index (χ0) is 19.3. The summed E-state index contributed by atoms with van der Waals surface area (Å²) in [6, 6.07) is 15.8. The molecule has 2 saturated heterocycles. The predicted molar refractivity (Wildman–Crippen MR) is 108 cm³/mol. The van der Waals surface area contributed by atoms with Crippen molar-refractivity contribution >= 4 is 17.3 Å². The first-order valence-electron chi connectivity index (χ1n) is 9.95. The average Bonchev–Trinajstić information content (AvgIpc) is 2.79. The fraction of sp³-hybridized carbons (Fsp3) is 0.409. The second kappa shape index (κ2) is 8.52. The minimum atomic E-state index is 0.00473. The zero-order valence-corrected chi connectivity index (χ0v) is 16.0. The fourth-order valence-electron chi connectivity index (χ4n) is 4.16. The largest absolute Gasteiger partial charge is 0.378 e. The van der Waals surface area contributed by atoms with Crippen molar-refractivity contribution in [1.82, 2.24) is 4.90 Å². The van der Waals surface area contributed by atoms with Crippen LogP contribution in [-0.2, 0) is 4.74 Å². The summed E-state index contributed by atoms with van der Waals surface area (Å²) < 4.78 is 5.44. The van der Waals surface area contributed by atoms with Crippen LogP contribution in [0.25, 0.3) is 0 Å². The van der Waals surface area contributed by atoms with Crippen molar-refractivity contribution in [2.45, 2.75) is 18.8 Å². The lowest BCUT2D eigenvalue weighted by atomic mass is 9.89. The molecule has 0 aromatic heterocycles. The molecule has 2 fully saturated rings. The number of carbonyl (C=O) groups excluding carboxylic acids is 1. The first kappa shape index (κ1) is 18.6. The maximum absolute atomic E-state index is 13.3. The van der Waals surface area contributed by atoms with Gasteiger partial charge in [0.1, 0.15) is 0 Å². The van der Waals surface area contributed by atoms with Gasteiger partial charge >= 0.3 is 0 Å². The summed E-state index contributed by atoms with van der Waals surface area (Å²) in [4.78, 5) is 28.6. The van der Waals surface area contributed by atoms with Gasteiger partial charge in [0, 0.05) is 48.4 Å². The summed E-state index contributed by atoms with van der Waals surface area (Å²) in [6.45, 7) is 4.27. The Bertz CT molecular complexity index is 826. The third-order valence-corrected chi connectivity index (χ3v) is 5.75. The molecular formula is C22H26N3O3+. The summed E-state index contributed by atoms with van der Waals surface area (Å²) in [5.41, 5.74) is 3.25. The lowest BCUT2D eigenvalue weighted by molar-refractivity contribution is -0.379. The topological polar surface area (TPSA) is 63.8 Å². The number of likely N-dealkylation sites (tertiary alicyclic amines) is 1. The Balaban J connectivity index is 1.52. The zero-order valence-electron chi connectivity index (χ0n) is 16.0. The van der Waals surface area contributed by atoms with Gasteiger partial charge in [-0.05, 0) is 30.4 Å². The molecule has 2 aromatic carbocycles. The van der Waals surface area contributed by atoms with Gasteiger partial charge in [-0.1, -0.05) is 30.3 Å². The van der Waals surface area contributed by atoms with E-state index in [9.17, 15) is 9.70 Å². The van der Waals surface area contributed by atoms with Gasteiger partial charge in [-0.2, -0.15) is 0 Å². The van der Waals surface area contributed by atoms with Crippen LogP contribution in [0.4, 0.5) is 11.4 Å². The number of carbonyl (C=O) groups is 1. The van der Waals surface area contributed by atoms with E-state index in [4.69, 9.17) is 4.74 Å². The highest BCUT2D eigenvalue weighted by Crippen LogP contribution is 2.30. The third-order valence-electron chi connectivity index (χ3n) is 5.75. The molecule has 146 valence electrons. The Morgan fingerprint density at radius 1 is 0.964 bits per heavy atom. The third kappa shape index (κ3) is 3.92.